The number of imide groups is 2. The van der Waals surface area contributed by atoms with Crippen LogP contribution in [0.25, 0.3) is 6.08 Å². The van der Waals surface area contributed by atoms with Gasteiger partial charge in [-0.3, -0.25) is 14.9 Å². The molecule has 0 radical (unpaired) electrons. The van der Waals surface area contributed by atoms with Crippen molar-refractivity contribution in [2.75, 3.05) is 32.3 Å². The fourth-order valence-electron chi connectivity index (χ4n) is 3.28. The topological polar surface area (TPSA) is 103 Å². The number of carbonyl (C=O) groups excluding carboxylic acids is 3. The maximum absolute atomic E-state index is 13.3. The first-order valence-electron chi connectivity index (χ1n) is 10.2. The van der Waals surface area contributed by atoms with Gasteiger partial charge in [0.2, 0.25) is 0 Å². The van der Waals surface area contributed by atoms with Crippen LogP contribution in [0.3, 0.4) is 0 Å². The Labute approximate surface area is 209 Å². The van der Waals surface area contributed by atoms with E-state index in [2.05, 4.69) is 21.2 Å². The molecule has 1 saturated heterocycles. The summed E-state index contributed by atoms with van der Waals surface area (Å²) in [5.74, 6) is -0.386. The molecule has 1 aliphatic heterocycles. The minimum Gasteiger partial charge on any atom is -0.495 e. The molecule has 2 aromatic rings. The third kappa shape index (κ3) is 4.97. The molecule has 0 saturated carbocycles. The van der Waals surface area contributed by atoms with Crippen LogP contribution in [0.5, 0.6) is 23.0 Å². The molecule has 0 bridgehead atoms. The summed E-state index contributed by atoms with van der Waals surface area (Å²) in [7, 11) is 2.76. The second kappa shape index (κ2) is 10.8. The third-order valence-corrected chi connectivity index (χ3v) is 5.61. The van der Waals surface area contributed by atoms with Gasteiger partial charge in [0.25, 0.3) is 11.8 Å². The summed E-state index contributed by atoms with van der Waals surface area (Å²) in [4.78, 5) is 39.4. The molecule has 34 heavy (non-hydrogen) atoms. The summed E-state index contributed by atoms with van der Waals surface area (Å²) in [6.07, 6.45) is 1.36. The summed E-state index contributed by atoms with van der Waals surface area (Å²) in [6.45, 7) is 4.47. The van der Waals surface area contributed by atoms with Gasteiger partial charge in [0.05, 0.1) is 42.6 Å². The van der Waals surface area contributed by atoms with Crippen LogP contribution in [0.4, 0.5) is 10.5 Å². The highest BCUT2D eigenvalue weighted by Gasteiger charge is 2.38. The second-order valence-corrected chi connectivity index (χ2v) is 8.07. The first kappa shape index (κ1) is 25.4. The average molecular weight is 554 g/mol. The number of halogens is 2. The van der Waals surface area contributed by atoms with Crippen LogP contribution in [0.15, 0.2) is 34.3 Å². The number of ether oxygens (including phenoxy) is 4. The molecule has 3 rings (SSSR count). The Kier molecular flexibility index (Phi) is 8.06. The Morgan fingerprint density at radius 1 is 0.971 bits per heavy atom. The van der Waals surface area contributed by atoms with Crippen LogP contribution in [0.2, 0.25) is 5.02 Å². The van der Waals surface area contributed by atoms with E-state index >= 15 is 0 Å². The van der Waals surface area contributed by atoms with E-state index in [9.17, 15) is 14.4 Å². The van der Waals surface area contributed by atoms with E-state index in [1.54, 1.807) is 12.1 Å². The molecular weight excluding hydrogens is 532 g/mol. The highest BCUT2D eigenvalue weighted by atomic mass is 79.9. The molecule has 0 unspecified atom stereocenters. The van der Waals surface area contributed by atoms with Crippen LogP contribution >= 0.6 is 27.5 Å². The Morgan fingerprint density at radius 2 is 1.65 bits per heavy atom. The number of methoxy groups -OCH3 is 2. The highest BCUT2D eigenvalue weighted by Crippen LogP contribution is 2.40. The smallest absolute Gasteiger partial charge is 0.336 e. The van der Waals surface area contributed by atoms with Crippen molar-refractivity contribution in [1.29, 1.82) is 0 Å². The van der Waals surface area contributed by atoms with Crippen molar-refractivity contribution in [3.05, 3.63) is 44.9 Å². The highest BCUT2D eigenvalue weighted by molar-refractivity contribution is 9.10. The van der Waals surface area contributed by atoms with Gasteiger partial charge in [-0.25, -0.2) is 9.69 Å². The molecule has 4 amide bonds. The number of nitrogens with one attached hydrogen (secondary N) is 1. The molecule has 0 aromatic heterocycles. The number of nitrogens with zero attached hydrogens (tertiary/aromatic N) is 1. The third-order valence-electron chi connectivity index (χ3n) is 4.73. The fourth-order valence-corrected chi connectivity index (χ4v) is 4.09. The number of amides is 4. The van der Waals surface area contributed by atoms with E-state index in [-0.39, 0.29) is 27.8 Å². The number of hydrogen-bond acceptors (Lipinski definition) is 7. The van der Waals surface area contributed by atoms with Crippen LogP contribution in [0, 0.1) is 0 Å². The van der Waals surface area contributed by atoms with Crippen molar-refractivity contribution >= 4 is 57.1 Å². The van der Waals surface area contributed by atoms with E-state index in [4.69, 9.17) is 30.5 Å². The second-order valence-electron chi connectivity index (χ2n) is 6.81. The molecule has 0 aliphatic carbocycles. The van der Waals surface area contributed by atoms with Gasteiger partial charge < -0.3 is 18.9 Å². The summed E-state index contributed by atoms with van der Waals surface area (Å²) < 4.78 is 22.3. The van der Waals surface area contributed by atoms with E-state index in [1.165, 1.54) is 32.4 Å². The lowest BCUT2D eigenvalue weighted by molar-refractivity contribution is -0.122. The van der Waals surface area contributed by atoms with Gasteiger partial charge in [0, 0.05) is 12.1 Å². The van der Waals surface area contributed by atoms with Gasteiger partial charge in [0.1, 0.15) is 17.1 Å². The number of urea groups is 1. The minimum atomic E-state index is -0.933. The maximum Gasteiger partial charge on any atom is 0.336 e. The van der Waals surface area contributed by atoms with Crippen molar-refractivity contribution in [3.63, 3.8) is 0 Å². The molecule has 180 valence electrons. The van der Waals surface area contributed by atoms with Gasteiger partial charge >= 0.3 is 6.03 Å². The summed E-state index contributed by atoms with van der Waals surface area (Å²) >= 11 is 9.58. The molecule has 11 heteroatoms. The van der Waals surface area contributed by atoms with Gasteiger partial charge in [-0.15, -0.1) is 0 Å². The van der Waals surface area contributed by atoms with E-state index in [1.807, 2.05) is 13.8 Å². The number of anilines is 1. The number of benzene rings is 2. The zero-order valence-electron chi connectivity index (χ0n) is 18.9. The van der Waals surface area contributed by atoms with Crippen molar-refractivity contribution in [3.8, 4) is 23.0 Å². The molecule has 9 nitrogen and oxygen atoms in total. The molecule has 1 fully saturated rings. The van der Waals surface area contributed by atoms with Crippen molar-refractivity contribution in [1.82, 2.24) is 5.32 Å². The van der Waals surface area contributed by atoms with Crippen molar-refractivity contribution < 1.29 is 33.3 Å². The zero-order valence-corrected chi connectivity index (χ0v) is 21.2. The lowest BCUT2D eigenvalue weighted by atomic mass is 10.1. The molecule has 1 aliphatic rings. The molecule has 1 heterocycles. The van der Waals surface area contributed by atoms with Crippen LogP contribution in [-0.2, 0) is 9.59 Å². The van der Waals surface area contributed by atoms with Crippen LogP contribution in [-0.4, -0.2) is 45.3 Å². The number of barbiturate groups is 1. The maximum atomic E-state index is 13.3. The predicted octanol–water partition coefficient (Wildman–Crippen LogP) is 4.58. The molecule has 1 N–H and O–H groups in total. The Bertz CT molecular complexity index is 1180. The lowest BCUT2D eigenvalue weighted by Crippen LogP contribution is -2.54. The van der Waals surface area contributed by atoms with Crippen LogP contribution in [0.1, 0.15) is 19.4 Å². The predicted molar refractivity (Wildman–Crippen MR) is 130 cm³/mol. The SMILES string of the molecule is CCOc1cc(/C=C2\C(=O)NC(=O)N(c3cc(OC)c(Cl)cc3OC)C2=O)cc(Br)c1OCC. The van der Waals surface area contributed by atoms with Gasteiger partial charge in [-0.05, 0) is 53.5 Å². The molecule has 2 aromatic carbocycles. The van der Waals surface area contributed by atoms with E-state index < -0.39 is 17.8 Å². The summed E-state index contributed by atoms with van der Waals surface area (Å²) in [5.41, 5.74) is 0.272. The van der Waals surface area contributed by atoms with Crippen molar-refractivity contribution in [2.45, 2.75) is 13.8 Å². The quantitative estimate of drug-likeness (QED) is 0.377. The number of carbonyl (C=O) groups is 3. The molecule has 0 spiro atoms. The Morgan fingerprint density at radius 3 is 2.26 bits per heavy atom. The first-order chi connectivity index (χ1) is 16.2. The van der Waals surface area contributed by atoms with E-state index in [0.717, 1.165) is 4.90 Å². The normalized spacial score (nSPS) is 14.8. The number of hydrogen-bond donors (Lipinski definition) is 1. The van der Waals surface area contributed by atoms with Gasteiger partial charge in [-0.2, -0.15) is 0 Å². The standard InChI is InChI=1S/C23H22BrClN2O7/c1-5-33-19-9-12(8-14(24)20(19)34-6-2)7-13-21(28)26-23(30)27(22(13)29)16-11-17(31-3)15(25)10-18(16)32-4/h7-11H,5-6H2,1-4H3,(H,26,28,30)/b13-7+. The molecule has 0 atom stereocenters. The van der Waals surface area contributed by atoms with Crippen molar-refractivity contribution in [2.24, 2.45) is 0 Å². The first-order valence-corrected chi connectivity index (χ1v) is 11.3. The zero-order chi connectivity index (χ0) is 25.0. The van der Waals surface area contributed by atoms with E-state index in [0.29, 0.717) is 34.7 Å². The monoisotopic (exact) mass is 552 g/mol. The molecular formula is C23H22BrClN2O7. The Balaban J connectivity index is 2.10. The largest absolute Gasteiger partial charge is 0.495 e. The Hall–Kier alpha value is -3.24. The fraction of sp³-hybridized carbons (Fsp3) is 0.261. The van der Waals surface area contributed by atoms with Gasteiger partial charge in [-0.1, -0.05) is 11.6 Å². The lowest BCUT2D eigenvalue weighted by Gasteiger charge is -2.28. The summed E-state index contributed by atoms with van der Waals surface area (Å²) in [5, 5.41) is 2.40. The van der Waals surface area contributed by atoms with Crippen LogP contribution < -0.4 is 29.2 Å². The average Bonchev–Trinajstić information content (AvgIpc) is 2.79. The van der Waals surface area contributed by atoms with Gasteiger partial charge in [0.15, 0.2) is 11.5 Å². The number of rotatable bonds is 8. The minimum absolute atomic E-state index is 0.0625. The summed E-state index contributed by atoms with van der Waals surface area (Å²) in [6, 6.07) is 5.17.